The first kappa shape index (κ1) is 10.4. The molecule has 0 spiro atoms. The first-order valence-corrected chi connectivity index (χ1v) is 6.25. The van der Waals surface area contributed by atoms with Crippen LogP contribution in [0.5, 0.6) is 0 Å². The SMILES string of the molecule is CCc1ccc(Nc2nccn2C2CC2)cc1. The van der Waals surface area contributed by atoms with E-state index in [4.69, 9.17) is 0 Å². The summed E-state index contributed by atoms with van der Waals surface area (Å²) in [6, 6.07) is 9.21. The second-order valence-corrected chi connectivity index (χ2v) is 4.56. The van der Waals surface area contributed by atoms with Crippen molar-refractivity contribution in [1.29, 1.82) is 0 Å². The van der Waals surface area contributed by atoms with Crippen LogP contribution in [0.1, 0.15) is 31.4 Å². The van der Waals surface area contributed by atoms with Gasteiger partial charge in [0.25, 0.3) is 0 Å². The highest BCUT2D eigenvalue weighted by Crippen LogP contribution is 2.37. The van der Waals surface area contributed by atoms with Crippen LogP contribution < -0.4 is 5.32 Å². The van der Waals surface area contributed by atoms with E-state index < -0.39 is 0 Å². The third-order valence-corrected chi connectivity index (χ3v) is 3.23. The quantitative estimate of drug-likeness (QED) is 0.866. The molecule has 88 valence electrons. The molecule has 1 aromatic carbocycles. The Hall–Kier alpha value is -1.77. The highest BCUT2D eigenvalue weighted by Gasteiger charge is 2.25. The molecule has 0 radical (unpaired) electrons. The summed E-state index contributed by atoms with van der Waals surface area (Å²) in [5, 5.41) is 3.38. The normalized spacial score (nSPS) is 14.9. The van der Waals surface area contributed by atoms with Gasteiger partial charge in [-0.25, -0.2) is 4.98 Å². The molecule has 2 aromatic rings. The first-order chi connectivity index (χ1) is 8.36. The number of hydrogen-bond acceptors (Lipinski definition) is 2. The van der Waals surface area contributed by atoms with Crippen molar-refractivity contribution in [1.82, 2.24) is 9.55 Å². The molecule has 1 aliphatic carbocycles. The number of benzene rings is 1. The summed E-state index contributed by atoms with van der Waals surface area (Å²) in [6.07, 6.45) is 7.55. The van der Waals surface area contributed by atoms with E-state index in [9.17, 15) is 0 Å². The molecule has 1 aliphatic rings. The van der Waals surface area contributed by atoms with Gasteiger partial charge in [0.1, 0.15) is 0 Å². The molecule has 1 heterocycles. The minimum atomic E-state index is 0.662. The second kappa shape index (κ2) is 4.24. The number of anilines is 2. The summed E-state index contributed by atoms with van der Waals surface area (Å²) in [4.78, 5) is 4.37. The van der Waals surface area contributed by atoms with Gasteiger partial charge in [0.05, 0.1) is 0 Å². The Bertz CT molecular complexity index is 494. The lowest BCUT2D eigenvalue weighted by Crippen LogP contribution is -2.01. The van der Waals surface area contributed by atoms with E-state index in [0.29, 0.717) is 6.04 Å². The van der Waals surface area contributed by atoms with Gasteiger partial charge in [0.2, 0.25) is 5.95 Å². The largest absolute Gasteiger partial charge is 0.326 e. The van der Waals surface area contributed by atoms with Crippen LogP contribution >= 0.6 is 0 Å². The van der Waals surface area contributed by atoms with Crippen molar-refractivity contribution in [3.63, 3.8) is 0 Å². The number of imidazole rings is 1. The van der Waals surface area contributed by atoms with Crippen molar-refractivity contribution in [2.24, 2.45) is 0 Å². The molecule has 0 saturated heterocycles. The molecule has 0 aliphatic heterocycles. The van der Waals surface area contributed by atoms with E-state index in [1.54, 1.807) is 0 Å². The molecule has 3 heteroatoms. The number of rotatable bonds is 4. The van der Waals surface area contributed by atoms with Gasteiger partial charge in [0.15, 0.2) is 0 Å². The Morgan fingerprint density at radius 1 is 1.29 bits per heavy atom. The van der Waals surface area contributed by atoms with Crippen LogP contribution in [0, 0.1) is 0 Å². The fourth-order valence-corrected chi connectivity index (χ4v) is 2.01. The van der Waals surface area contributed by atoms with E-state index >= 15 is 0 Å². The average molecular weight is 227 g/mol. The number of hydrogen-bond donors (Lipinski definition) is 1. The van der Waals surface area contributed by atoms with Crippen LogP contribution in [0.4, 0.5) is 11.6 Å². The minimum absolute atomic E-state index is 0.662. The van der Waals surface area contributed by atoms with Crippen LogP contribution in [0.3, 0.4) is 0 Å². The summed E-state index contributed by atoms with van der Waals surface area (Å²) in [5.41, 5.74) is 2.47. The van der Waals surface area contributed by atoms with E-state index in [-0.39, 0.29) is 0 Å². The van der Waals surface area contributed by atoms with E-state index in [0.717, 1.165) is 18.1 Å². The highest BCUT2D eigenvalue weighted by atomic mass is 15.2. The summed E-state index contributed by atoms with van der Waals surface area (Å²) < 4.78 is 2.23. The Balaban J connectivity index is 1.78. The third-order valence-electron chi connectivity index (χ3n) is 3.23. The number of nitrogens with zero attached hydrogens (tertiary/aromatic N) is 2. The number of aryl methyl sites for hydroxylation is 1. The molecule has 1 saturated carbocycles. The highest BCUT2D eigenvalue weighted by molar-refractivity contribution is 5.54. The van der Waals surface area contributed by atoms with Crippen molar-refractivity contribution < 1.29 is 0 Å². The monoisotopic (exact) mass is 227 g/mol. The van der Waals surface area contributed by atoms with Gasteiger partial charge < -0.3 is 9.88 Å². The third kappa shape index (κ3) is 2.18. The lowest BCUT2D eigenvalue weighted by Gasteiger charge is -2.09. The molecule has 3 nitrogen and oxygen atoms in total. The fraction of sp³-hybridized carbons (Fsp3) is 0.357. The second-order valence-electron chi connectivity index (χ2n) is 4.56. The minimum Gasteiger partial charge on any atom is -0.326 e. The van der Waals surface area contributed by atoms with Crippen molar-refractivity contribution in [2.75, 3.05) is 5.32 Å². The lowest BCUT2D eigenvalue weighted by molar-refractivity contribution is 0.751. The number of nitrogens with one attached hydrogen (secondary N) is 1. The van der Waals surface area contributed by atoms with Gasteiger partial charge in [-0.3, -0.25) is 0 Å². The van der Waals surface area contributed by atoms with Crippen LogP contribution in [0.2, 0.25) is 0 Å². The molecule has 1 fully saturated rings. The van der Waals surface area contributed by atoms with Crippen molar-refractivity contribution in [3.05, 3.63) is 42.2 Å². The van der Waals surface area contributed by atoms with Gasteiger partial charge in [-0.15, -0.1) is 0 Å². The van der Waals surface area contributed by atoms with E-state index in [1.807, 2.05) is 6.20 Å². The molecule has 0 unspecified atom stereocenters. The maximum atomic E-state index is 4.37. The summed E-state index contributed by atoms with van der Waals surface area (Å²) in [6.45, 7) is 2.17. The molecular weight excluding hydrogens is 210 g/mol. The molecule has 0 atom stereocenters. The molecule has 1 N–H and O–H groups in total. The summed E-state index contributed by atoms with van der Waals surface area (Å²) >= 11 is 0. The zero-order chi connectivity index (χ0) is 11.7. The summed E-state index contributed by atoms with van der Waals surface area (Å²) in [5.74, 6) is 0.955. The summed E-state index contributed by atoms with van der Waals surface area (Å²) in [7, 11) is 0. The van der Waals surface area contributed by atoms with Gasteiger partial charge >= 0.3 is 0 Å². The van der Waals surface area contributed by atoms with Crippen LogP contribution in [-0.4, -0.2) is 9.55 Å². The van der Waals surface area contributed by atoms with Crippen LogP contribution in [0.15, 0.2) is 36.7 Å². The van der Waals surface area contributed by atoms with Crippen LogP contribution in [0.25, 0.3) is 0 Å². The fourth-order valence-electron chi connectivity index (χ4n) is 2.01. The van der Waals surface area contributed by atoms with Gasteiger partial charge in [-0.2, -0.15) is 0 Å². The van der Waals surface area contributed by atoms with Crippen molar-refractivity contribution in [3.8, 4) is 0 Å². The molecule has 0 amide bonds. The first-order valence-electron chi connectivity index (χ1n) is 6.25. The van der Waals surface area contributed by atoms with Crippen molar-refractivity contribution >= 4 is 11.6 Å². The van der Waals surface area contributed by atoms with Crippen LogP contribution in [-0.2, 0) is 6.42 Å². The van der Waals surface area contributed by atoms with E-state index in [1.165, 1.54) is 18.4 Å². The molecule has 3 rings (SSSR count). The molecule has 1 aromatic heterocycles. The Kier molecular flexibility index (Phi) is 2.59. The molecular formula is C14H17N3. The molecule has 17 heavy (non-hydrogen) atoms. The smallest absolute Gasteiger partial charge is 0.207 e. The topological polar surface area (TPSA) is 29.9 Å². The zero-order valence-corrected chi connectivity index (χ0v) is 10.1. The van der Waals surface area contributed by atoms with Gasteiger partial charge in [-0.05, 0) is 37.0 Å². The molecule has 0 bridgehead atoms. The van der Waals surface area contributed by atoms with Gasteiger partial charge in [0, 0.05) is 24.1 Å². The maximum Gasteiger partial charge on any atom is 0.207 e. The number of aromatic nitrogens is 2. The van der Waals surface area contributed by atoms with Gasteiger partial charge in [-0.1, -0.05) is 19.1 Å². The Morgan fingerprint density at radius 2 is 2.06 bits per heavy atom. The Labute approximate surface area is 101 Å². The zero-order valence-electron chi connectivity index (χ0n) is 10.1. The Morgan fingerprint density at radius 3 is 2.71 bits per heavy atom. The maximum absolute atomic E-state index is 4.37. The standard InChI is InChI=1S/C14H17N3/c1-2-11-3-5-12(6-4-11)16-14-15-9-10-17(14)13-7-8-13/h3-6,9-10,13H,2,7-8H2,1H3,(H,15,16). The lowest BCUT2D eigenvalue weighted by atomic mass is 10.1. The predicted octanol–water partition coefficient (Wildman–Crippen LogP) is 3.52. The van der Waals surface area contributed by atoms with Crippen molar-refractivity contribution in [2.45, 2.75) is 32.2 Å². The predicted molar refractivity (Wildman–Crippen MR) is 69.6 cm³/mol. The average Bonchev–Trinajstić information content (AvgIpc) is 3.11. The van der Waals surface area contributed by atoms with E-state index in [2.05, 4.69) is 52.3 Å².